The van der Waals surface area contributed by atoms with Crippen molar-refractivity contribution in [1.82, 2.24) is 19.2 Å². The number of aromatic nitrogens is 3. The molecule has 0 radical (unpaired) electrons. The second-order valence-electron chi connectivity index (χ2n) is 7.65. The van der Waals surface area contributed by atoms with Gasteiger partial charge in [0.25, 0.3) is 0 Å². The SMILES string of the molecule is CCCN(CCO)Cc1cn(Cc2ccc(F)cc2)c2cnc3c(=O)n(O)ccc3c12. The predicted octanol–water partition coefficient (Wildman–Crippen LogP) is 2.98. The molecule has 7 nitrogen and oxygen atoms in total. The van der Waals surface area contributed by atoms with E-state index in [1.54, 1.807) is 24.4 Å². The van der Waals surface area contributed by atoms with E-state index in [-0.39, 0.29) is 17.9 Å². The van der Waals surface area contributed by atoms with Crippen LogP contribution in [0.2, 0.25) is 0 Å². The number of rotatable bonds is 8. The zero-order valence-corrected chi connectivity index (χ0v) is 17.3. The summed E-state index contributed by atoms with van der Waals surface area (Å²) in [4.78, 5) is 18.9. The molecule has 31 heavy (non-hydrogen) atoms. The van der Waals surface area contributed by atoms with Gasteiger partial charge in [0.1, 0.15) is 11.3 Å². The summed E-state index contributed by atoms with van der Waals surface area (Å²) in [6, 6.07) is 8.05. The van der Waals surface area contributed by atoms with Crippen molar-refractivity contribution in [1.29, 1.82) is 0 Å². The first-order chi connectivity index (χ1) is 15.0. The first-order valence-electron chi connectivity index (χ1n) is 10.3. The van der Waals surface area contributed by atoms with Crippen LogP contribution in [0.4, 0.5) is 4.39 Å². The van der Waals surface area contributed by atoms with Gasteiger partial charge in [-0.3, -0.25) is 9.69 Å². The van der Waals surface area contributed by atoms with Gasteiger partial charge in [0, 0.05) is 42.8 Å². The Balaban J connectivity index is 1.88. The van der Waals surface area contributed by atoms with Gasteiger partial charge in [-0.05, 0) is 42.3 Å². The third-order valence-corrected chi connectivity index (χ3v) is 5.45. The lowest BCUT2D eigenvalue weighted by Crippen LogP contribution is -2.27. The van der Waals surface area contributed by atoms with E-state index in [9.17, 15) is 19.5 Å². The summed E-state index contributed by atoms with van der Waals surface area (Å²) in [6.07, 6.45) is 5.94. The van der Waals surface area contributed by atoms with Crippen LogP contribution in [0.5, 0.6) is 0 Å². The van der Waals surface area contributed by atoms with Crippen LogP contribution in [0.25, 0.3) is 21.8 Å². The zero-order chi connectivity index (χ0) is 22.0. The van der Waals surface area contributed by atoms with Gasteiger partial charge in [-0.15, -0.1) is 0 Å². The van der Waals surface area contributed by atoms with Crippen molar-refractivity contribution in [2.24, 2.45) is 0 Å². The Bertz CT molecular complexity index is 1260. The molecule has 0 spiro atoms. The van der Waals surface area contributed by atoms with E-state index in [0.29, 0.717) is 29.8 Å². The Hall–Kier alpha value is -3.23. The highest BCUT2D eigenvalue weighted by Gasteiger charge is 2.17. The van der Waals surface area contributed by atoms with Crippen LogP contribution in [-0.4, -0.2) is 49.2 Å². The maximum atomic E-state index is 13.3. The van der Waals surface area contributed by atoms with Crippen molar-refractivity contribution in [2.45, 2.75) is 26.4 Å². The Morgan fingerprint density at radius 2 is 1.94 bits per heavy atom. The molecule has 0 aliphatic heterocycles. The Morgan fingerprint density at radius 1 is 1.16 bits per heavy atom. The maximum absolute atomic E-state index is 13.3. The molecule has 1 aromatic carbocycles. The zero-order valence-electron chi connectivity index (χ0n) is 17.3. The maximum Gasteiger partial charge on any atom is 0.309 e. The quantitative estimate of drug-likeness (QED) is 0.425. The first kappa shape index (κ1) is 21.0. The van der Waals surface area contributed by atoms with Crippen LogP contribution in [-0.2, 0) is 13.1 Å². The third-order valence-electron chi connectivity index (χ3n) is 5.45. The minimum atomic E-state index is -0.572. The van der Waals surface area contributed by atoms with E-state index in [1.807, 2.05) is 10.8 Å². The molecule has 162 valence electrons. The molecule has 0 unspecified atom stereocenters. The number of benzene rings is 1. The average Bonchev–Trinajstić information content (AvgIpc) is 3.10. The molecule has 4 rings (SSSR count). The first-order valence-corrected chi connectivity index (χ1v) is 10.3. The largest absolute Gasteiger partial charge is 0.425 e. The van der Waals surface area contributed by atoms with Crippen molar-refractivity contribution < 1.29 is 14.7 Å². The molecule has 0 aliphatic carbocycles. The van der Waals surface area contributed by atoms with E-state index in [1.165, 1.54) is 18.3 Å². The van der Waals surface area contributed by atoms with Gasteiger partial charge in [0.2, 0.25) is 0 Å². The second kappa shape index (κ2) is 8.87. The highest BCUT2D eigenvalue weighted by molar-refractivity contribution is 6.06. The van der Waals surface area contributed by atoms with Gasteiger partial charge >= 0.3 is 5.56 Å². The summed E-state index contributed by atoms with van der Waals surface area (Å²) in [5.41, 5.74) is 2.42. The Labute approximate surface area is 178 Å². The number of halogens is 1. The number of hydrogen-bond acceptors (Lipinski definition) is 5. The molecule has 2 N–H and O–H groups in total. The molecule has 0 fully saturated rings. The van der Waals surface area contributed by atoms with E-state index < -0.39 is 5.56 Å². The van der Waals surface area contributed by atoms with Crippen molar-refractivity contribution in [3.63, 3.8) is 0 Å². The molecule has 8 heteroatoms. The monoisotopic (exact) mass is 424 g/mol. The number of fused-ring (bicyclic) bond motifs is 3. The van der Waals surface area contributed by atoms with Crippen LogP contribution in [0, 0.1) is 5.82 Å². The second-order valence-corrected chi connectivity index (χ2v) is 7.65. The fourth-order valence-electron chi connectivity index (χ4n) is 4.05. The minimum absolute atomic E-state index is 0.0613. The summed E-state index contributed by atoms with van der Waals surface area (Å²) in [7, 11) is 0. The lowest BCUT2D eigenvalue weighted by molar-refractivity contribution is 0.176. The molecule has 0 atom stereocenters. The van der Waals surface area contributed by atoms with Crippen molar-refractivity contribution >= 4 is 21.8 Å². The molecule has 0 bridgehead atoms. The van der Waals surface area contributed by atoms with Gasteiger partial charge < -0.3 is 14.9 Å². The summed E-state index contributed by atoms with van der Waals surface area (Å²) in [5, 5.41) is 20.8. The lowest BCUT2D eigenvalue weighted by atomic mass is 10.1. The van der Waals surface area contributed by atoms with Crippen LogP contribution in [0.3, 0.4) is 0 Å². The van der Waals surface area contributed by atoms with Crippen LogP contribution >= 0.6 is 0 Å². The van der Waals surface area contributed by atoms with E-state index in [0.717, 1.165) is 35.0 Å². The van der Waals surface area contributed by atoms with E-state index >= 15 is 0 Å². The number of aliphatic hydroxyl groups is 1. The molecule has 3 heterocycles. The summed E-state index contributed by atoms with van der Waals surface area (Å²) < 4.78 is 15.9. The summed E-state index contributed by atoms with van der Waals surface area (Å²) >= 11 is 0. The minimum Gasteiger partial charge on any atom is -0.425 e. The lowest BCUT2D eigenvalue weighted by Gasteiger charge is -2.20. The fourth-order valence-corrected chi connectivity index (χ4v) is 4.05. The molecule has 0 aliphatic rings. The van der Waals surface area contributed by atoms with Crippen LogP contribution in [0.1, 0.15) is 24.5 Å². The van der Waals surface area contributed by atoms with Gasteiger partial charge in [0.05, 0.1) is 18.3 Å². The molecule has 0 saturated heterocycles. The number of hydrogen-bond donors (Lipinski definition) is 2. The number of aliphatic hydroxyl groups excluding tert-OH is 1. The fraction of sp³-hybridized carbons (Fsp3) is 0.304. The third kappa shape index (κ3) is 4.17. The standard InChI is InChI=1S/C23H25FN4O3/c1-2-8-26(10-11-29)14-17-15-27(13-16-3-5-18(24)6-4-16)20-12-25-22-19(21(17)20)7-9-28(31)23(22)30/h3-7,9,12,15,29,31H,2,8,10-11,13-14H2,1H3. The average molecular weight is 424 g/mol. The van der Waals surface area contributed by atoms with E-state index in [4.69, 9.17) is 0 Å². The van der Waals surface area contributed by atoms with Gasteiger partial charge in [-0.2, -0.15) is 4.73 Å². The van der Waals surface area contributed by atoms with E-state index in [2.05, 4.69) is 16.8 Å². The molecule has 0 amide bonds. The highest BCUT2D eigenvalue weighted by atomic mass is 19.1. The Kier molecular flexibility index (Phi) is 6.01. The predicted molar refractivity (Wildman–Crippen MR) is 117 cm³/mol. The van der Waals surface area contributed by atoms with Crippen molar-refractivity contribution in [3.8, 4) is 0 Å². The molecular weight excluding hydrogens is 399 g/mol. The van der Waals surface area contributed by atoms with Gasteiger partial charge in [-0.25, -0.2) is 9.37 Å². The van der Waals surface area contributed by atoms with Gasteiger partial charge in [-0.1, -0.05) is 19.1 Å². The van der Waals surface area contributed by atoms with Crippen molar-refractivity contribution in [3.05, 3.63) is 76.2 Å². The smallest absolute Gasteiger partial charge is 0.309 e. The number of pyridine rings is 2. The van der Waals surface area contributed by atoms with Crippen molar-refractivity contribution in [2.75, 3.05) is 19.7 Å². The molecule has 4 aromatic rings. The normalized spacial score (nSPS) is 11.7. The van der Waals surface area contributed by atoms with Crippen LogP contribution in [0.15, 0.2) is 53.7 Å². The molecular formula is C23H25FN4O3. The van der Waals surface area contributed by atoms with Gasteiger partial charge in [0.15, 0.2) is 0 Å². The summed E-state index contributed by atoms with van der Waals surface area (Å²) in [6.45, 7) is 4.65. The van der Waals surface area contributed by atoms with Crippen LogP contribution < -0.4 is 5.56 Å². The number of nitrogens with zero attached hydrogens (tertiary/aromatic N) is 4. The Morgan fingerprint density at radius 3 is 2.65 bits per heavy atom. The summed E-state index contributed by atoms with van der Waals surface area (Å²) in [5.74, 6) is -0.283. The highest BCUT2D eigenvalue weighted by Crippen LogP contribution is 2.29. The topological polar surface area (TPSA) is 83.5 Å². The molecule has 3 aromatic heterocycles. The molecule has 0 saturated carbocycles.